The highest BCUT2D eigenvalue weighted by Crippen LogP contribution is 2.52. The van der Waals surface area contributed by atoms with E-state index >= 15 is 0 Å². The summed E-state index contributed by atoms with van der Waals surface area (Å²) in [5.41, 5.74) is -4.90. The molecule has 0 radical (unpaired) electrons. The minimum Gasteiger partial charge on any atom is -0.308 e. The summed E-state index contributed by atoms with van der Waals surface area (Å²) >= 11 is 0. The molecule has 0 aliphatic heterocycles. The van der Waals surface area contributed by atoms with Gasteiger partial charge < -0.3 is 4.74 Å². The molecule has 0 rings (SSSR count). The van der Waals surface area contributed by atoms with Crippen molar-refractivity contribution in [2.24, 2.45) is 5.41 Å². The van der Waals surface area contributed by atoms with Gasteiger partial charge in [-0.15, -0.1) is 0 Å². The maximum absolute atomic E-state index is 13.5. The Morgan fingerprint density at radius 2 is 0.485 bits per heavy atom. The molecule has 0 N–H and O–H groups in total. The van der Waals surface area contributed by atoms with Gasteiger partial charge in [0, 0.05) is 0 Å². The molecular formula is C15H18F14O4. The lowest BCUT2D eigenvalue weighted by molar-refractivity contribution is -0.575. The summed E-state index contributed by atoms with van der Waals surface area (Å²) in [6, 6.07) is 0. The molecule has 0 aliphatic rings. The SMILES string of the molecule is CC(C)(C)OC(F)(F)C(F)(F)OC(F)(F)C(F)(F)OC(F)(F)C(F)(F)OC(F)(F)C(C)(C)C. The van der Waals surface area contributed by atoms with E-state index in [1.54, 1.807) is 4.74 Å². The molecule has 0 saturated carbocycles. The van der Waals surface area contributed by atoms with Crippen LogP contribution in [0.25, 0.3) is 0 Å². The van der Waals surface area contributed by atoms with E-state index in [4.69, 9.17) is 0 Å². The van der Waals surface area contributed by atoms with Crippen LogP contribution in [0.2, 0.25) is 0 Å². The quantitative estimate of drug-likeness (QED) is 0.285. The lowest BCUT2D eigenvalue weighted by atomic mass is 9.95. The minimum absolute atomic E-state index is 0.459. The number of ether oxygens (including phenoxy) is 4. The van der Waals surface area contributed by atoms with Crippen LogP contribution < -0.4 is 0 Å². The highest BCUT2D eigenvalue weighted by molar-refractivity contribution is 4.81. The van der Waals surface area contributed by atoms with Crippen molar-refractivity contribution < 1.29 is 80.4 Å². The normalized spacial score (nSPS) is 16.4. The molecule has 0 amide bonds. The Kier molecular flexibility index (Phi) is 8.22. The van der Waals surface area contributed by atoms with Gasteiger partial charge in [-0.1, -0.05) is 20.8 Å². The van der Waals surface area contributed by atoms with Gasteiger partial charge >= 0.3 is 42.8 Å². The van der Waals surface area contributed by atoms with E-state index < -0.39 is 53.8 Å². The summed E-state index contributed by atoms with van der Waals surface area (Å²) in [6.45, 7) is 3.43. The van der Waals surface area contributed by atoms with Crippen LogP contribution in [0, 0.1) is 5.41 Å². The zero-order chi connectivity index (χ0) is 27.3. The molecule has 0 aromatic rings. The number of hydrogen-bond acceptors (Lipinski definition) is 4. The lowest BCUT2D eigenvalue weighted by Crippen LogP contribution is -2.60. The van der Waals surface area contributed by atoms with Gasteiger partial charge in [-0.05, 0) is 20.8 Å². The van der Waals surface area contributed by atoms with Crippen molar-refractivity contribution >= 4 is 0 Å². The molecule has 0 aliphatic carbocycles. The van der Waals surface area contributed by atoms with Crippen molar-refractivity contribution in [3.63, 3.8) is 0 Å². The van der Waals surface area contributed by atoms with E-state index in [9.17, 15) is 61.5 Å². The zero-order valence-electron chi connectivity index (χ0n) is 17.4. The highest BCUT2D eigenvalue weighted by Gasteiger charge is 2.76. The summed E-state index contributed by atoms with van der Waals surface area (Å²) in [7, 11) is 0. The zero-order valence-corrected chi connectivity index (χ0v) is 17.4. The Morgan fingerprint density at radius 3 is 0.667 bits per heavy atom. The Hall–Kier alpha value is -1.14. The fraction of sp³-hybridized carbons (Fsp3) is 1.00. The van der Waals surface area contributed by atoms with Gasteiger partial charge in [0.05, 0.1) is 11.0 Å². The molecule has 0 unspecified atom stereocenters. The van der Waals surface area contributed by atoms with Crippen molar-refractivity contribution in [1.82, 2.24) is 0 Å². The highest BCUT2D eigenvalue weighted by atomic mass is 19.4. The minimum atomic E-state index is -7.23. The van der Waals surface area contributed by atoms with Crippen LogP contribution >= 0.6 is 0 Å². The van der Waals surface area contributed by atoms with Gasteiger partial charge in [0.25, 0.3) is 0 Å². The smallest absolute Gasteiger partial charge is 0.308 e. The third kappa shape index (κ3) is 7.42. The van der Waals surface area contributed by atoms with E-state index in [0.29, 0.717) is 41.5 Å². The van der Waals surface area contributed by atoms with Gasteiger partial charge in [-0.25, -0.2) is 14.2 Å². The van der Waals surface area contributed by atoms with Crippen LogP contribution in [0.3, 0.4) is 0 Å². The van der Waals surface area contributed by atoms with Crippen LogP contribution in [0.4, 0.5) is 61.5 Å². The third-order valence-electron chi connectivity index (χ3n) is 3.09. The van der Waals surface area contributed by atoms with Gasteiger partial charge in [-0.3, -0.25) is 0 Å². The summed E-state index contributed by atoms with van der Waals surface area (Å²) in [4.78, 5) is 0. The molecule has 33 heavy (non-hydrogen) atoms. The van der Waals surface area contributed by atoms with E-state index in [-0.39, 0.29) is 0 Å². The van der Waals surface area contributed by atoms with Crippen LogP contribution in [0.5, 0.6) is 0 Å². The molecule has 0 aromatic carbocycles. The Balaban J connectivity index is 5.90. The first-order valence-corrected chi connectivity index (χ1v) is 8.28. The molecular weight excluding hydrogens is 510 g/mol. The Labute approximate surface area is 177 Å². The van der Waals surface area contributed by atoms with E-state index in [2.05, 4.69) is 9.47 Å². The van der Waals surface area contributed by atoms with Crippen molar-refractivity contribution in [2.75, 3.05) is 0 Å². The molecule has 18 heteroatoms. The summed E-state index contributed by atoms with van der Waals surface area (Å²) in [6.07, 6.45) is -46.2. The maximum Gasteiger partial charge on any atom is 0.453 e. The Morgan fingerprint density at radius 1 is 0.303 bits per heavy atom. The molecule has 0 aromatic heterocycles. The summed E-state index contributed by atoms with van der Waals surface area (Å²) in [5.74, 6) is 0. The Bertz CT molecular complexity index is 679. The summed E-state index contributed by atoms with van der Waals surface area (Å²) < 4.78 is 197. The van der Waals surface area contributed by atoms with Crippen LogP contribution in [-0.4, -0.2) is 48.4 Å². The molecule has 200 valence electrons. The van der Waals surface area contributed by atoms with Gasteiger partial charge in [0.15, 0.2) is 0 Å². The number of alkyl halides is 14. The van der Waals surface area contributed by atoms with Gasteiger partial charge in [0.1, 0.15) is 0 Å². The second-order valence-electron chi connectivity index (χ2n) is 8.39. The second kappa shape index (κ2) is 8.51. The largest absolute Gasteiger partial charge is 0.453 e. The fourth-order valence-corrected chi connectivity index (χ4v) is 1.38. The topological polar surface area (TPSA) is 36.9 Å². The number of halogens is 14. The summed E-state index contributed by atoms with van der Waals surface area (Å²) in [5, 5.41) is 0. The molecule has 0 bridgehead atoms. The first-order chi connectivity index (χ1) is 13.8. The van der Waals surface area contributed by atoms with Crippen LogP contribution in [-0.2, 0) is 18.9 Å². The number of rotatable bonds is 10. The van der Waals surface area contributed by atoms with Gasteiger partial charge in [0.2, 0.25) is 0 Å². The predicted octanol–water partition coefficient (Wildman–Crippen LogP) is 7.05. The average Bonchev–Trinajstić information content (AvgIpc) is 2.38. The van der Waals surface area contributed by atoms with Crippen molar-refractivity contribution in [3.8, 4) is 0 Å². The molecule has 0 saturated heterocycles. The maximum atomic E-state index is 13.5. The molecule has 0 fully saturated rings. The van der Waals surface area contributed by atoms with E-state index in [1.807, 2.05) is 4.74 Å². The average molecular weight is 528 g/mol. The predicted molar refractivity (Wildman–Crippen MR) is 78.2 cm³/mol. The molecule has 0 heterocycles. The van der Waals surface area contributed by atoms with Crippen molar-refractivity contribution in [3.05, 3.63) is 0 Å². The van der Waals surface area contributed by atoms with Gasteiger partial charge in [-0.2, -0.15) is 61.5 Å². The monoisotopic (exact) mass is 528 g/mol. The standard InChI is InChI=1S/C15H18F14O4/c1-7(2,3)9(16,17)31-12(22,23)13(24,25)33-15(28,29)14(26,27)32-11(20,21)10(18,19)30-8(4,5)6/h1-6H3. The molecule has 0 spiro atoms. The van der Waals surface area contributed by atoms with Crippen molar-refractivity contribution in [2.45, 2.75) is 89.9 Å². The van der Waals surface area contributed by atoms with Crippen LogP contribution in [0.15, 0.2) is 0 Å². The third-order valence-corrected chi connectivity index (χ3v) is 3.09. The van der Waals surface area contributed by atoms with E-state index in [0.717, 1.165) is 0 Å². The first-order valence-electron chi connectivity index (χ1n) is 8.28. The van der Waals surface area contributed by atoms with Crippen LogP contribution in [0.1, 0.15) is 41.5 Å². The lowest BCUT2D eigenvalue weighted by Gasteiger charge is -2.37. The molecule has 0 atom stereocenters. The molecule has 4 nitrogen and oxygen atoms in total. The number of hydrogen-bond donors (Lipinski definition) is 0. The fourth-order valence-electron chi connectivity index (χ4n) is 1.38. The second-order valence-corrected chi connectivity index (χ2v) is 8.39. The first kappa shape index (κ1) is 31.9. The van der Waals surface area contributed by atoms with Crippen molar-refractivity contribution in [1.29, 1.82) is 0 Å². The van der Waals surface area contributed by atoms with E-state index in [1.165, 1.54) is 0 Å².